The molecule has 2 nitrogen and oxygen atoms in total. The lowest BCUT2D eigenvalue weighted by Gasteiger charge is -2.00. The molecule has 4 heteroatoms. The van der Waals surface area contributed by atoms with Gasteiger partial charge in [-0.25, -0.2) is 4.98 Å². The quantitative estimate of drug-likeness (QED) is 0.680. The number of hydrogen-bond acceptors (Lipinski definition) is 3. The summed E-state index contributed by atoms with van der Waals surface area (Å²) < 4.78 is 5.69. The number of oxazole rings is 1. The smallest absolute Gasteiger partial charge is 0.211 e. The van der Waals surface area contributed by atoms with Gasteiger partial charge in [0.15, 0.2) is 5.09 Å². The zero-order valence-corrected chi connectivity index (χ0v) is 12.1. The average Bonchev–Trinajstić information content (AvgIpc) is 2.82. The summed E-state index contributed by atoms with van der Waals surface area (Å²) in [4.78, 5) is 5.59. The van der Waals surface area contributed by atoms with Gasteiger partial charge in [-0.2, -0.15) is 0 Å². The third-order valence-electron chi connectivity index (χ3n) is 2.61. The second kappa shape index (κ2) is 5.60. The van der Waals surface area contributed by atoms with E-state index in [4.69, 9.17) is 4.42 Å². The Morgan fingerprint density at radius 2 is 1.53 bits per heavy atom. The van der Waals surface area contributed by atoms with Crippen molar-refractivity contribution in [2.45, 2.75) is 9.99 Å². The van der Waals surface area contributed by atoms with Gasteiger partial charge in [0.25, 0.3) is 0 Å². The molecule has 0 aliphatic carbocycles. The molecular formula is C15H12NOPS. The van der Waals surface area contributed by atoms with E-state index in [1.807, 2.05) is 48.5 Å². The highest BCUT2D eigenvalue weighted by Gasteiger charge is 2.14. The molecule has 0 fully saturated rings. The van der Waals surface area contributed by atoms with Crippen molar-refractivity contribution in [1.82, 2.24) is 4.98 Å². The van der Waals surface area contributed by atoms with Crippen molar-refractivity contribution in [3.63, 3.8) is 0 Å². The van der Waals surface area contributed by atoms with Crippen LogP contribution in [0.1, 0.15) is 0 Å². The van der Waals surface area contributed by atoms with Crippen LogP contribution in [0.4, 0.5) is 0 Å². The molecule has 1 unspecified atom stereocenters. The molecule has 0 spiro atoms. The molecule has 19 heavy (non-hydrogen) atoms. The van der Waals surface area contributed by atoms with E-state index in [1.54, 1.807) is 11.8 Å². The Hall–Kier alpha value is -1.57. The molecule has 0 amide bonds. The Morgan fingerprint density at radius 1 is 0.895 bits per heavy atom. The van der Waals surface area contributed by atoms with Gasteiger partial charge in [0.1, 0.15) is 5.69 Å². The van der Waals surface area contributed by atoms with Crippen LogP contribution in [-0.2, 0) is 0 Å². The monoisotopic (exact) mass is 285 g/mol. The summed E-state index contributed by atoms with van der Waals surface area (Å²) in [6.07, 6.45) is 0. The summed E-state index contributed by atoms with van der Waals surface area (Å²) in [5, 5.41) is 0.822. The van der Waals surface area contributed by atoms with Gasteiger partial charge < -0.3 is 4.42 Å². The molecule has 0 aliphatic heterocycles. The maximum Gasteiger partial charge on any atom is 0.211 e. The predicted molar refractivity (Wildman–Crippen MR) is 81.8 cm³/mol. The summed E-state index contributed by atoms with van der Waals surface area (Å²) in [7, 11) is 2.51. The van der Waals surface area contributed by atoms with Crippen LogP contribution in [0, 0.1) is 0 Å². The lowest BCUT2D eigenvalue weighted by molar-refractivity contribution is 0.505. The lowest BCUT2D eigenvalue weighted by atomic mass is 10.2. The molecule has 3 rings (SSSR count). The zero-order chi connectivity index (χ0) is 13.1. The van der Waals surface area contributed by atoms with E-state index in [1.165, 1.54) is 0 Å². The first kappa shape index (κ1) is 12.5. The molecule has 0 aliphatic rings. The molecule has 0 saturated heterocycles. The molecule has 1 atom stereocenters. The minimum atomic E-state index is 0.609. The fourth-order valence-electron chi connectivity index (χ4n) is 1.77. The van der Waals surface area contributed by atoms with Crippen molar-refractivity contribution < 1.29 is 4.42 Å². The summed E-state index contributed by atoms with van der Waals surface area (Å²) in [6.45, 7) is 0. The Balaban J connectivity index is 1.99. The lowest BCUT2D eigenvalue weighted by Crippen LogP contribution is -1.87. The van der Waals surface area contributed by atoms with Crippen LogP contribution in [0.15, 0.2) is 75.1 Å². The highest BCUT2D eigenvalue weighted by atomic mass is 32.2. The molecule has 1 aromatic heterocycles. The van der Waals surface area contributed by atoms with Crippen LogP contribution < -0.4 is 5.63 Å². The fourth-order valence-corrected chi connectivity index (χ4v) is 2.99. The molecule has 3 aromatic rings. The minimum absolute atomic E-state index is 0.609. The summed E-state index contributed by atoms with van der Waals surface area (Å²) in [6, 6.07) is 20.2. The number of hydrogen-bond donors (Lipinski definition) is 0. The second-order valence-corrected chi connectivity index (χ2v) is 5.51. The third-order valence-corrected chi connectivity index (χ3v) is 3.83. The van der Waals surface area contributed by atoms with Gasteiger partial charge in [0.05, 0.1) is 0 Å². The standard InChI is InChI=1S/C15H12NOPS/c18-15-16-13(11-7-3-1-4-8-11)14(17-15)19-12-9-5-2-6-10-12/h1-10H,18H2. The van der Waals surface area contributed by atoms with Crippen LogP contribution in [0.2, 0.25) is 0 Å². The van der Waals surface area contributed by atoms with Gasteiger partial charge >= 0.3 is 0 Å². The van der Waals surface area contributed by atoms with Crippen LogP contribution in [0.3, 0.4) is 0 Å². The van der Waals surface area contributed by atoms with Crippen LogP contribution in [0.25, 0.3) is 11.3 Å². The molecule has 94 valence electrons. The first-order chi connectivity index (χ1) is 9.33. The van der Waals surface area contributed by atoms with E-state index < -0.39 is 0 Å². The predicted octanol–water partition coefficient (Wildman–Crippen LogP) is 3.99. The number of rotatable bonds is 3. The van der Waals surface area contributed by atoms with Crippen molar-refractivity contribution in [1.29, 1.82) is 0 Å². The number of nitrogens with zero attached hydrogens (tertiary/aromatic N) is 1. The van der Waals surface area contributed by atoms with E-state index in [2.05, 4.69) is 26.4 Å². The van der Waals surface area contributed by atoms with E-state index in [9.17, 15) is 0 Å². The Kier molecular flexibility index (Phi) is 3.67. The van der Waals surface area contributed by atoms with Gasteiger partial charge in [-0.05, 0) is 33.1 Å². The van der Waals surface area contributed by atoms with Crippen molar-refractivity contribution in [2.75, 3.05) is 0 Å². The van der Waals surface area contributed by atoms with E-state index in [0.29, 0.717) is 5.63 Å². The normalized spacial score (nSPS) is 10.6. The van der Waals surface area contributed by atoms with Crippen LogP contribution in [-0.4, -0.2) is 4.98 Å². The Labute approximate surface area is 118 Å². The average molecular weight is 285 g/mol. The Morgan fingerprint density at radius 3 is 2.21 bits per heavy atom. The first-order valence-electron chi connectivity index (χ1n) is 5.87. The van der Waals surface area contributed by atoms with Crippen molar-refractivity contribution in [2.24, 2.45) is 0 Å². The summed E-state index contributed by atoms with van der Waals surface area (Å²) in [5.41, 5.74) is 2.56. The van der Waals surface area contributed by atoms with E-state index >= 15 is 0 Å². The summed E-state index contributed by atoms with van der Waals surface area (Å²) >= 11 is 1.59. The first-order valence-corrected chi connectivity index (χ1v) is 7.27. The molecule has 0 radical (unpaired) electrons. The van der Waals surface area contributed by atoms with Crippen molar-refractivity contribution in [3.05, 3.63) is 60.7 Å². The third kappa shape index (κ3) is 2.89. The minimum Gasteiger partial charge on any atom is -0.430 e. The van der Waals surface area contributed by atoms with E-state index in [0.717, 1.165) is 21.2 Å². The van der Waals surface area contributed by atoms with Gasteiger partial charge in [-0.15, -0.1) is 0 Å². The maximum atomic E-state index is 5.69. The van der Waals surface area contributed by atoms with Crippen molar-refractivity contribution in [3.8, 4) is 11.3 Å². The molecule has 0 bridgehead atoms. The summed E-state index contributed by atoms with van der Waals surface area (Å²) in [5.74, 6) is 0. The van der Waals surface area contributed by atoms with Gasteiger partial charge in [-0.3, -0.25) is 0 Å². The topological polar surface area (TPSA) is 26.0 Å². The largest absolute Gasteiger partial charge is 0.430 e. The number of benzene rings is 2. The Bertz CT molecular complexity index is 667. The molecule has 2 aromatic carbocycles. The molecular weight excluding hydrogens is 273 g/mol. The number of aromatic nitrogens is 1. The molecule has 0 saturated carbocycles. The van der Waals surface area contributed by atoms with E-state index in [-0.39, 0.29) is 0 Å². The molecule has 1 heterocycles. The highest BCUT2D eigenvalue weighted by Crippen LogP contribution is 2.34. The second-order valence-electron chi connectivity index (χ2n) is 3.97. The maximum absolute atomic E-state index is 5.69. The van der Waals surface area contributed by atoms with Crippen LogP contribution in [0.5, 0.6) is 0 Å². The van der Waals surface area contributed by atoms with Gasteiger partial charge in [0, 0.05) is 10.5 Å². The SMILES string of the molecule is Pc1nc(-c2ccccc2)c(Sc2ccccc2)o1. The molecule has 0 N–H and O–H groups in total. The van der Waals surface area contributed by atoms with Crippen molar-refractivity contribution >= 4 is 26.6 Å². The van der Waals surface area contributed by atoms with Gasteiger partial charge in [0.2, 0.25) is 5.63 Å². The highest BCUT2D eigenvalue weighted by molar-refractivity contribution is 7.99. The van der Waals surface area contributed by atoms with Gasteiger partial charge in [-0.1, -0.05) is 48.5 Å². The van der Waals surface area contributed by atoms with Crippen LogP contribution >= 0.6 is 21.0 Å². The zero-order valence-electron chi connectivity index (χ0n) is 10.1. The fraction of sp³-hybridized carbons (Fsp3) is 0.